The number of nitrogens with zero attached hydrogens (tertiary/aromatic N) is 3. The van der Waals surface area contributed by atoms with Crippen LogP contribution in [0.3, 0.4) is 0 Å². The molecule has 0 unspecified atom stereocenters. The van der Waals surface area contributed by atoms with E-state index in [1.54, 1.807) is 0 Å². The maximum absolute atomic E-state index is 12.4. The van der Waals surface area contributed by atoms with Gasteiger partial charge in [-0.05, 0) is 12.1 Å². The number of hydrogen-bond donors (Lipinski definition) is 1. The van der Waals surface area contributed by atoms with E-state index < -0.39 is 11.9 Å². The highest BCUT2D eigenvalue weighted by molar-refractivity contribution is 6.31. The Labute approximate surface area is 105 Å². The first-order chi connectivity index (χ1) is 8.47. The molecule has 0 amide bonds. The third-order valence-electron chi connectivity index (χ3n) is 1.94. The van der Waals surface area contributed by atoms with Crippen LogP contribution in [0.25, 0.3) is 0 Å². The molecule has 2 rings (SSSR count). The van der Waals surface area contributed by atoms with Gasteiger partial charge in [-0.15, -0.1) is 0 Å². The van der Waals surface area contributed by atoms with Gasteiger partial charge in [-0.2, -0.15) is 13.2 Å². The van der Waals surface area contributed by atoms with Crippen LogP contribution in [0.2, 0.25) is 5.15 Å². The van der Waals surface area contributed by atoms with E-state index in [9.17, 15) is 13.2 Å². The highest BCUT2D eigenvalue weighted by Gasteiger charge is 2.32. The molecule has 0 saturated heterocycles. The van der Waals surface area contributed by atoms with Crippen LogP contribution in [0.5, 0.6) is 0 Å². The molecule has 94 valence electrons. The van der Waals surface area contributed by atoms with Crippen molar-refractivity contribution in [3.05, 3.63) is 41.4 Å². The third-order valence-corrected chi connectivity index (χ3v) is 2.22. The van der Waals surface area contributed by atoms with Gasteiger partial charge in [0.15, 0.2) is 11.0 Å². The minimum atomic E-state index is -4.50. The van der Waals surface area contributed by atoms with Crippen LogP contribution in [-0.2, 0) is 6.18 Å². The highest BCUT2D eigenvalue weighted by atomic mass is 35.5. The highest BCUT2D eigenvalue weighted by Crippen LogP contribution is 2.29. The van der Waals surface area contributed by atoms with Crippen LogP contribution < -0.4 is 5.32 Å². The van der Waals surface area contributed by atoms with Crippen molar-refractivity contribution in [2.45, 2.75) is 6.18 Å². The zero-order valence-corrected chi connectivity index (χ0v) is 9.50. The summed E-state index contributed by atoms with van der Waals surface area (Å²) in [6.07, 6.45) is -1.77. The van der Waals surface area contributed by atoms with Crippen molar-refractivity contribution >= 4 is 23.2 Å². The van der Waals surface area contributed by atoms with Crippen molar-refractivity contribution in [3.63, 3.8) is 0 Å². The monoisotopic (exact) mass is 274 g/mol. The lowest BCUT2D eigenvalue weighted by Gasteiger charge is -2.09. The molecule has 1 N–H and O–H groups in total. The van der Waals surface area contributed by atoms with Crippen LogP contribution in [0.15, 0.2) is 30.6 Å². The molecule has 0 radical (unpaired) electrons. The lowest BCUT2D eigenvalue weighted by molar-refractivity contribution is -0.141. The Morgan fingerprint density at radius 1 is 1.11 bits per heavy atom. The number of hydrogen-bond acceptors (Lipinski definition) is 4. The maximum Gasteiger partial charge on any atom is 0.433 e. The van der Waals surface area contributed by atoms with Gasteiger partial charge in [-0.1, -0.05) is 17.7 Å². The third kappa shape index (κ3) is 2.86. The number of alkyl halides is 3. The molecule has 0 spiro atoms. The predicted molar refractivity (Wildman–Crippen MR) is 59.6 cm³/mol. The molecule has 8 heteroatoms. The number of anilines is 2. The number of nitrogens with one attached hydrogen (secondary N) is 1. The van der Waals surface area contributed by atoms with Crippen LogP contribution in [-0.4, -0.2) is 15.0 Å². The molecule has 4 nitrogen and oxygen atoms in total. The Morgan fingerprint density at radius 2 is 1.83 bits per heavy atom. The molecular formula is C10H6ClF3N4. The van der Waals surface area contributed by atoms with Crippen molar-refractivity contribution in [1.29, 1.82) is 0 Å². The predicted octanol–water partition coefficient (Wildman–Crippen LogP) is 3.29. The summed E-state index contributed by atoms with van der Waals surface area (Å²) in [7, 11) is 0. The van der Waals surface area contributed by atoms with Gasteiger partial charge >= 0.3 is 6.18 Å². The molecule has 0 aromatic carbocycles. The van der Waals surface area contributed by atoms with E-state index >= 15 is 0 Å². The lowest BCUT2D eigenvalue weighted by Crippen LogP contribution is -2.09. The smallest absolute Gasteiger partial charge is 0.322 e. The van der Waals surface area contributed by atoms with Crippen molar-refractivity contribution < 1.29 is 13.2 Å². The van der Waals surface area contributed by atoms with Gasteiger partial charge in [0.25, 0.3) is 0 Å². The Kier molecular flexibility index (Phi) is 3.33. The second-order valence-corrected chi connectivity index (χ2v) is 3.58. The quantitative estimate of drug-likeness (QED) is 0.913. The Hall–Kier alpha value is -1.89. The Bertz CT molecular complexity index is 559. The second-order valence-electron chi connectivity index (χ2n) is 3.23. The second kappa shape index (κ2) is 4.77. The van der Waals surface area contributed by atoms with Crippen LogP contribution >= 0.6 is 11.6 Å². The van der Waals surface area contributed by atoms with Gasteiger partial charge in [0.05, 0.1) is 0 Å². The number of pyridine rings is 1. The molecule has 2 aromatic heterocycles. The van der Waals surface area contributed by atoms with E-state index in [1.165, 1.54) is 24.5 Å². The average molecular weight is 275 g/mol. The van der Waals surface area contributed by atoms with Crippen LogP contribution in [0, 0.1) is 0 Å². The first-order valence-electron chi connectivity index (χ1n) is 4.74. The first-order valence-corrected chi connectivity index (χ1v) is 5.12. The summed E-state index contributed by atoms with van der Waals surface area (Å²) in [5.41, 5.74) is -0.993. The Morgan fingerprint density at radius 3 is 2.50 bits per heavy atom. The summed E-state index contributed by atoms with van der Waals surface area (Å²) in [4.78, 5) is 11.0. The van der Waals surface area contributed by atoms with E-state index in [1.807, 2.05) is 0 Å². The Balaban J connectivity index is 2.28. The van der Waals surface area contributed by atoms with Crippen LogP contribution in [0.1, 0.15) is 5.69 Å². The van der Waals surface area contributed by atoms with Crippen molar-refractivity contribution in [1.82, 2.24) is 15.0 Å². The molecule has 0 aliphatic carbocycles. The van der Waals surface area contributed by atoms with Crippen LogP contribution in [0.4, 0.5) is 24.8 Å². The normalized spacial score (nSPS) is 11.3. The van der Waals surface area contributed by atoms with Crippen molar-refractivity contribution in [2.24, 2.45) is 0 Å². The number of halogens is 4. The fourth-order valence-corrected chi connectivity index (χ4v) is 1.34. The van der Waals surface area contributed by atoms with Crippen molar-refractivity contribution in [2.75, 3.05) is 5.32 Å². The minimum absolute atomic E-state index is 0.00720. The summed E-state index contributed by atoms with van der Waals surface area (Å²) < 4.78 is 37.3. The molecule has 0 aliphatic heterocycles. The zero-order chi connectivity index (χ0) is 13.2. The fourth-order valence-electron chi connectivity index (χ4n) is 1.19. The van der Waals surface area contributed by atoms with Gasteiger partial charge in [-0.3, -0.25) is 0 Å². The van der Waals surface area contributed by atoms with E-state index in [0.29, 0.717) is 0 Å². The first kappa shape index (κ1) is 12.6. The van der Waals surface area contributed by atoms with E-state index in [-0.39, 0.29) is 16.8 Å². The summed E-state index contributed by atoms with van der Waals surface area (Å²) in [6, 6.07) is 3.49. The minimum Gasteiger partial charge on any atom is -0.322 e. The molecule has 18 heavy (non-hydrogen) atoms. The molecule has 0 atom stereocenters. The van der Waals surface area contributed by atoms with E-state index in [2.05, 4.69) is 20.3 Å². The topological polar surface area (TPSA) is 50.7 Å². The van der Waals surface area contributed by atoms with Gasteiger partial charge in [0.1, 0.15) is 11.5 Å². The summed E-state index contributed by atoms with van der Waals surface area (Å²) in [5.74, 6) is 0.137. The van der Waals surface area contributed by atoms with Gasteiger partial charge in [0.2, 0.25) is 0 Å². The lowest BCUT2D eigenvalue weighted by atomic mass is 10.3. The number of aromatic nitrogens is 3. The summed E-state index contributed by atoms with van der Waals surface area (Å²) in [6.45, 7) is 0. The van der Waals surface area contributed by atoms with E-state index in [4.69, 9.17) is 11.6 Å². The molecule has 0 aliphatic rings. The molecule has 0 bridgehead atoms. The van der Waals surface area contributed by atoms with Gasteiger partial charge in [-0.25, -0.2) is 15.0 Å². The SMILES string of the molecule is FC(F)(F)c1cccc(Nc2nccnc2Cl)n1. The standard InChI is InChI=1S/C10H6ClF3N4/c11-8-9(16-5-4-15-8)18-7-3-1-2-6(17-7)10(12,13)14/h1-5H,(H,16,17,18). The van der Waals surface area contributed by atoms with E-state index in [0.717, 1.165) is 6.07 Å². The van der Waals surface area contributed by atoms with Crippen molar-refractivity contribution in [3.8, 4) is 0 Å². The number of rotatable bonds is 2. The molecular weight excluding hydrogens is 269 g/mol. The molecule has 2 heterocycles. The maximum atomic E-state index is 12.4. The molecule has 0 fully saturated rings. The summed E-state index contributed by atoms with van der Waals surface area (Å²) in [5, 5.41) is 2.62. The molecule has 0 saturated carbocycles. The average Bonchev–Trinajstić information content (AvgIpc) is 2.31. The van der Waals surface area contributed by atoms with Gasteiger partial charge < -0.3 is 5.32 Å². The summed E-state index contributed by atoms with van der Waals surface area (Å²) >= 11 is 5.72. The largest absolute Gasteiger partial charge is 0.433 e. The van der Waals surface area contributed by atoms with Gasteiger partial charge in [0, 0.05) is 12.4 Å². The zero-order valence-electron chi connectivity index (χ0n) is 8.74. The molecule has 2 aromatic rings. The fraction of sp³-hybridized carbons (Fsp3) is 0.100.